The molecule has 1 aromatic carbocycles. The summed E-state index contributed by atoms with van der Waals surface area (Å²) in [6.45, 7) is 1.79. The van der Waals surface area contributed by atoms with Crippen LogP contribution in [-0.4, -0.2) is 16.8 Å². The predicted molar refractivity (Wildman–Crippen MR) is 76.3 cm³/mol. The van der Waals surface area contributed by atoms with E-state index in [1.54, 1.807) is 24.8 Å². The number of aryl methyl sites for hydroxylation is 1. The van der Waals surface area contributed by atoms with Crippen LogP contribution >= 0.6 is 11.8 Å². The summed E-state index contributed by atoms with van der Waals surface area (Å²) in [5.74, 6) is 2.07. The Morgan fingerprint density at radius 2 is 2.16 bits per heavy atom. The maximum Gasteiger partial charge on any atom is 0.225 e. The first-order chi connectivity index (χ1) is 9.24. The van der Waals surface area contributed by atoms with Crippen LogP contribution in [0.25, 0.3) is 0 Å². The fraction of sp³-hybridized carbons (Fsp3) is 0.286. The molecule has 0 atom stereocenters. The number of rotatable bonds is 6. The van der Waals surface area contributed by atoms with Gasteiger partial charge in [0.2, 0.25) is 5.91 Å². The fourth-order valence-electron chi connectivity index (χ4n) is 1.57. The van der Waals surface area contributed by atoms with E-state index in [0.29, 0.717) is 18.0 Å². The number of hydrogen-bond donors (Lipinski definition) is 1. The van der Waals surface area contributed by atoms with E-state index >= 15 is 0 Å². The molecule has 1 N–H and O–H groups in total. The van der Waals surface area contributed by atoms with Gasteiger partial charge in [0.1, 0.15) is 5.76 Å². The Kier molecular flexibility index (Phi) is 5.03. The highest BCUT2D eigenvalue weighted by molar-refractivity contribution is 7.99. The molecule has 1 aromatic heterocycles. The van der Waals surface area contributed by atoms with Gasteiger partial charge in [0.15, 0.2) is 5.82 Å². The van der Waals surface area contributed by atoms with Gasteiger partial charge in [-0.3, -0.25) is 4.79 Å². The highest BCUT2D eigenvalue weighted by Gasteiger charge is 2.05. The van der Waals surface area contributed by atoms with Gasteiger partial charge in [-0.15, -0.1) is 11.8 Å². The highest BCUT2D eigenvalue weighted by Crippen LogP contribution is 2.18. The number of carbonyl (C=O) groups is 1. The average Bonchev–Trinajstić information content (AvgIpc) is 2.81. The largest absolute Gasteiger partial charge is 0.360 e. The monoisotopic (exact) mass is 276 g/mol. The Morgan fingerprint density at radius 1 is 1.37 bits per heavy atom. The molecule has 0 unspecified atom stereocenters. The number of anilines is 1. The van der Waals surface area contributed by atoms with Crippen molar-refractivity contribution in [3.05, 3.63) is 42.2 Å². The van der Waals surface area contributed by atoms with E-state index in [1.165, 1.54) is 4.90 Å². The van der Waals surface area contributed by atoms with Crippen LogP contribution in [0.3, 0.4) is 0 Å². The Hall–Kier alpha value is -1.75. The van der Waals surface area contributed by atoms with E-state index in [0.717, 1.165) is 12.2 Å². The summed E-state index contributed by atoms with van der Waals surface area (Å²) in [6, 6.07) is 11.9. The van der Waals surface area contributed by atoms with Crippen molar-refractivity contribution in [3.8, 4) is 0 Å². The minimum absolute atomic E-state index is 0.0260. The molecule has 0 aliphatic carbocycles. The van der Waals surface area contributed by atoms with Gasteiger partial charge in [-0.1, -0.05) is 23.4 Å². The van der Waals surface area contributed by atoms with E-state index in [1.807, 2.05) is 18.2 Å². The first-order valence-electron chi connectivity index (χ1n) is 6.15. The molecule has 0 aliphatic rings. The van der Waals surface area contributed by atoms with E-state index < -0.39 is 0 Å². The number of hydrogen-bond acceptors (Lipinski definition) is 4. The SMILES string of the molecule is Cc1cc(NC(=O)CCCSc2ccccc2)no1. The summed E-state index contributed by atoms with van der Waals surface area (Å²) in [4.78, 5) is 12.9. The van der Waals surface area contributed by atoms with Gasteiger partial charge >= 0.3 is 0 Å². The summed E-state index contributed by atoms with van der Waals surface area (Å²) >= 11 is 1.76. The average molecular weight is 276 g/mol. The Morgan fingerprint density at radius 3 is 2.84 bits per heavy atom. The number of amides is 1. The zero-order valence-corrected chi connectivity index (χ0v) is 11.6. The number of benzene rings is 1. The topological polar surface area (TPSA) is 55.1 Å². The quantitative estimate of drug-likeness (QED) is 0.648. The maximum absolute atomic E-state index is 11.6. The minimum Gasteiger partial charge on any atom is -0.360 e. The third-order valence-corrected chi connectivity index (χ3v) is 3.55. The molecule has 1 heterocycles. The van der Waals surface area contributed by atoms with Crippen LogP contribution in [0.1, 0.15) is 18.6 Å². The molecule has 100 valence electrons. The predicted octanol–water partition coefficient (Wildman–Crippen LogP) is 3.49. The Balaban J connectivity index is 1.64. The molecule has 4 nitrogen and oxygen atoms in total. The molecular weight excluding hydrogens is 260 g/mol. The third kappa shape index (κ3) is 4.79. The van der Waals surface area contributed by atoms with Crippen molar-refractivity contribution in [2.24, 2.45) is 0 Å². The van der Waals surface area contributed by atoms with Crippen LogP contribution in [0.4, 0.5) is 5.82 Å². The lowest BCUT2D eigenvalue weighted by atomic mass is 10.3. The van der Waals surface area contributed by atoms with Gasteiger partial charge in [-0.2, -0.15) is 0 Å². The second-order valence-electron chi connectivity index (χ2n) is 4.14. The molecule has 0 aliphatic heterocycles. The van der Waals surface area contributed by atoms with Crippen LogP contribution in [0.5, 0.6) is 0 Å². The van der Waals surface area contributed by atoms with Crippen molar-refractivity contribution in [2.75, 3.05) is 11.1 Å². The first-order valence-corrected chi connectivity index (χ1v) is 7.13. The van der Waals surface area contributed by atoms with Crippen molar-refractivity contribution >= 4 is 23.5 Å². The van der Waals surface area contributed by atoms with E-state index in [-0.39, 0.29) is 5.91 Å². The molecule has 0 bridgehead atoms. The molecule has 0 fully saturated rings. The maximum atomic E-state index is 11.6. The van der Waals surface area contributed by atoms with Crippen LogP contribution < -0.4 is 5.32 Å². The van der Waals surface area contributed by atoms with Crippen LogP contribution in [0.2, 0.25) is 0 Å². The van der Waals surface area contributed by atoms with Crippen molar-refractivity contribution in [1.29, 1.82) is 0 Å². The lowest BCUT2D eigenvalue weighted by molar-refractivity contribution is -0.116. The summed E-state index contributed by atoms with van der Waals surface area (Å²) in [6.07, 6.45) is 1.33. The molecular formula is C14H16N2O2S. The number of aromatic nitrogens is 1. The van der Waals surface area contributed by atoms with Gasteiger partial charge in [-0.25, -0.2) is 0 Å². The van der Waals surface area contributed by atoms with Crippen LogP contribution in [-0.2, 0) is 4.79 Å². The normalized spacial score (nSPS) is 10.4. The third-order valence-electron chi connectivity index (χ3n) is 2.46. The van der Waals surface area contributed by atoms with Crippen molar-refractivity contribution in [3.63, 3.8) is 0 Å². The van der Waals surface area contributed by atoms with E-state index in [9.17, 15) is 4.79 Å². The van der Waals surface area contributed by atoms with Gasteiger partial charge in [0.25, 0.3) is 0 Å². The van der Waals surface area contributed by atoms with Gasteiger partial charge in [0, 0.05) is 17.4 Å². The smallest absolute Gasteiger partial charge is 0.225 e. The van der Waals surface area contributed by atoms with E-state index in [4.69, 9.17) is 4.52 Å². The zero-order valence-electron chi connectivity index (χ0n) is 10.8. The molecule has 5 heteroatoms. The molecule has 0 saturated heterocycles. The minimum atomic E-state index is -0.0260. The van der Waals surface area contributed by atoms with Crippen molar-refractivity contribution in [1.82, 2.24) is 5.16 Å². The lowest BCUT2D eigenvalue weighted by Gasteiger charge is -2.02. The van der Waals surface area contributed by atoms with Gasteiger partial charge in [0.05, 0.1) is 0 Å². The van der Waals surface area contributed by atoms with Gasteiger partial charge < -0.3 is 9.84 Å². The Labute approximate surface area is 116 Å². The second-order valence-corrected chi connectivity index (χ2v) is 5.30. The molecule has 0 saturated carbocycles. The number of carbonyl (C=O) groups excluding carboxylic acids is 1. The van der Waals surface area contributed by atoms with Crippen LogP contribution in [0, 0.1) is 6.92 Å². The standard InChI is InChI=1S/C14H16N2O2S/c1-11-10-13(16-18-11)15-14(17)8-5-9-19-12-6-3-2-4-7-12/h2-4,6-7,10H,5,8-9H2,1H3,(H,15,16,17). The fourth-order valence-corrected chi connectivity index (χ4v) is 2.44. The molecule has 2 aromatic rings. The highest BCUT2D eigenvalue weighted by atomic mass is 32.2. The second kappa shape index (κ2) is 6.99. The first kappa shape index (κ1) is 13.7. The van der Waals surface area contributed by atoms with Crippen molar-refractivity contribution < 1.29 is 9.32 Å². The van der Waals surface area contributed by atoms with Gasteiger partial charge in [-0.05, 0) is 31.2 Å². The summed E-state index contributed by atoms with van der Waals surface area (Å²) in [5.41, 5.74) is 0. The molecule has 0 spiro atoms. The molecule has 1 amide bonds. The number of nitrogens with zero attached hydrogens (tertiary/aromatic N) is 1. The summed E-state index contributed by atoms with van der Waals surface area (Å²) < 4.78 is 4.88. The van der Waals surface area contributed by atoms with E-state index in [2.05, 4.69) is 22.6 Å². The molecule has 19 heavy (non-hydrogen) atoms. The molecule has 2 rings (SSSR count). The van der Waals surface area contributed by atoms with Crippen molar-refractivity contribution in [2.45, 2.75) is 24.7 Å². The van der Waals surface area contributed by atoms with Crippen LogP contribution in [0.15, 0.2) is 45.8 Å². The summed E-state index contributed by atoms with van der Waals surface area (Å²) in [5, 5.41) is 6.43. The zero-order chi connectivity index (χ0) is 13.5. The number of nitrogens with one attached hydrogen (secondary N) is 1. The number of thioether (sulfide) groups is 1. The summed E-state index contributed by atoms with van der Waals surface area (Å²) in [7, 11) is 0. The Bertz CT molecular complexity index is 525. The molecule has 0 radical (unpaired) electrons. The lowest BCUT2D eigenvalue weighted by Crippen LogP contribution is -2.11.